The third-order valence-electron chi connectivity index (χ3n) is 4.83. The van der Waals surface area contributed by atoms with E-state index >= 15 is 0 Å². The molecule has 1 aliphatic heterocycles. The lowest BCUT2D eigenvalue weighted by Crippen LogP contribution is -2.22. The highest BCUT2D eigenvalue weighted by Crippen LogP contribution is 2.46. The number of amides is 1. The minimum absolute atomic E-state index is 0.0535. The van der Waals surface area contributed by atoms with Gasteiger partial charge in [-0.15, -0.1) is 11.8 Å². The highest BCUT2D eigenvalue weighted by molar-refractivity contribution is 8.01. The summed E-state index contributed by atoms with van der Waals surface area (Å²) in [5, 5.41) is 17.1. The third kappa shape index (κ3) is 3.22. The molecule has 1 aromatic heterocycles. The first-order valence-corrected chi connectivity index (χ1v) is 9.91. The maximum atomic E-state index is 12.7. The van der Waals surface area contributed by atoms with Gasteiger partial charge in [-0.25, -0.2) is 4.68 Å². The van der Waals surface area contributed by atoms with E-state index in [0.29, 0.717) is 5.82 Å². The van der Waals surface area contributed by atoms with Gasteiger partial charge in [0.25, 0.3) is 0 Å². The summed E-state index contributed by atoms with van der Waals surface area (Å²) in [5.41, 5.74) is 3.69. The Bertz CT molecular complexity index is 1010. The molecule has 0 bridgehead atoms. The van der Waals surface area contributed by atoms with Crippen LogP contribution in [0.25, 0.3) is 5.69 Å². The number of phenolic OH excluding ortho intramolecular Hbond substituents is 1. The Labute approximate surface area is 167 Å². The number of hydrogen-bond donors (Lipinski definition) is 2. The summed E-state index contributed by atoms with van der Waals surface area (Å²) in [6, 6.07) is 14.7. The highest BCUT2D eigenvalue weighted by atomic mass is 32.2. The molecule has 2 atom stereocenters. The second-order valence-electron chi connectivity index (χ2n) is 6.70. The number of carbonyl (C=O) groups is 1. The van der Waals surface area contributed by atoms with Gasteiger partial charge in [-0.1, -0.05) is 12.1 Å². The normalized spacial score (nSPS) is 18.9. The molecule has 2 aromatic carbocycles. The van der Waals surface area contributed by atoms with E-state index in [1.807, 2.05) is 50.2 Å². The predicted molar refractivity (Wildman–Crippen MR) is 110 cm³/mol. The summed E-state index contributed by atoms with van der Waals surface area (Å²) in [4.78, 5) is 12.7. The fraction of sp³-hybridized carbons (Fsp3) is 0.238. The van der Waals surface area contributed by atoms with Crippen molar-refractivity contribution in [2.24, 2.45) is 0 Å². The van der Waals surface area contributed by atoms with E-state index in [-0.39, 0.29) is 22.2 Å². The number of methoxy groups -OCH3 is 1. The molecule has 0 spiro atoms. The van der Waals surface area contributed by atoms with Gasteiger partial charge in [-0.05, 0) is 55.8 Å². The fourth-order valence-corrected chi connectivity index (χ4v) is 4.65. The number of thioether (sulfide) groups is 1. The van der Waals surface area contributed by atoms with E-state index in [1.165, 1.54) is 0 Å². The molecule has 0 unspecified atom stereocenters. The number of aromatic nitrogens is 2. The Morgan fingerprint density at radius 2 is 1.82 bits per heavy atom. The molecule has 1 amide bonds. The third-order valence-corrected chi connectivity index (χ3v) is 6.24. The van der Waals surface area contributed by atoms with Gasteiger partial charge < -0.3 is 15.2 Å². The second kappa shape index (κ2) is 7.24. The van der Waals surface area contributed by atoms with E-state index in [1.54, 1.807) is 35.7 Å². The van der Waals surface area contributed by atoms with Gasteiger partial charge in [0.15, 0.2) is 0 Å². The van der Waals surface area contributed by atoms with E-state index in [0.717, 1.165) is 28.3 Å². The number of anilines is 1. The van der Waals surface area contributed by atoms with Gasteiger partial charge in [-0.2, -0.15) is 5.10 Å². The molecule has 144 valence electrons. The van der Waals surface area contributed by atoms with Gasteiger partial charge in [0.1, 0.15) is 17.3 Å². The number of rotatable bonds is 3. The number of fused-ring (bicyclic) bond motifs is 1. The van der Waals surface area contributed by atoms with Crippen LogP contribution in [-0.2, 0) is 4.79 Å². The molecule has 7 heteroatoms. The molecule has 28 heavy (non-hydrogen) atoms. The largest absolute Gasteiger partial charge is 0.508 e. The minimum atomic E-state index is -0.227. The molecule has 1 aliphatic rings. The molecule has 4 rings (SSSR count). The number of ether oxygens (including phenoxy) is 1. The van der Waals surface area contributed by atoms with Crippen molar-refractivity contribution in [3.63, 3.8) is 0 Å². The quantitative estimate of drug-likeness (QED) is 0.699. The lowest BCUT2D eigenvalue weighted by molar-refractivity contribution is -0.115. The maximum absolute atomic E-state index is 12.7. The van der Waals surface area contributed by atoms with E-state index in [2.05, 4.69) is 5.32 Å². The van der Waals surface area contributed by atoms with Crippen molar-refractivity contribution in [1.82, 2.24) is 9.78 Å². The van der Waals surface area contributed by atoms with Gasteiger partial charge in [0.05, 0.1) is 29.0 Å². The first kappa shape index (κ1) is 18.4. The van der Waals surface area contributed by atoms with E-state index in [9.17, 15) is 9.90 Å². The van der Waals surface area contributed by atoms with Crippen molar-refractivity contribution in [1.29, 1.82) is 0 Å². The SMILES string of the molecule is COc1ccc(-n2nc(C)c3c2NC(=O)[C@@H](C)S[C@@H]3c2ccc(O)cc2)cc1. The Balaban J connectivity index is 1.87. The van der Waals surface area contributed by atoms with Crippen LogP contribution >= 0.6 is 11.8 Å². The van der Waals surface area contributed by atoms with Crippen molar-refractivity contribution in [3.8, 4) is 17.2 Å². The molecule has 2 N–H and O–H groups in total. The molecule has 2 heterocycles. The summed E-state index contributed by atoms with van der Waals surface area (Å²) < 4.78 is 7.01. The second-order valence-corrected chi connectivity index (χ2v) is 8.15. The van der Waals surface area contributed by atoms with Gasteiger partial charge in [-0.3, -0.25) is 4.79 Å². The molecule has 0 saturated carbocycles. The molecular formula is C21H21N3O3S. The lowest BCUT2D eigenvalue weighted by Gasteiger charge is -2.17. The Hall–Kier alpha value is -2.93. The number of carbonyl (C=O) groups excluding carboxylic acids is 1. The summed E-state index contributed by atoms with van der Waals surface area (Å²) >= 11 is 1.58. The number of hydrogen-bond acceptors (Lipinski definition) is 5. The van der Waals surface area contributed by atoms with E-state index < -0.39 is 0 Å². The van der Waals surface area contributed by atoms with Crippen LogP contribution in [0.2, 0.25) is 0 Å². The van der Waals surface area contributed by atoms with Crippen molar-refractivity contribution in [2.45, 2.75) is 24.3 Å². The van der Waals surface area contributed by atoms with Gasteiger partial charge in [0, 0.05) is 5.56 Å². The van der Waals surface area contributed by atoms with Crippen molar-refractivity contribution in [2.75, 3.05) is 12.4 Å². The molecule has 6 nitrogen and oxygen atoms in total. The summed E-state index contributed by atoms with van der Waals surface area (Å²) in [6.07, 6.45) is 0. The zero-order valence-corrected chi connectivity index (χ0v) is 16.7. The molecular weight excluding hydrogens is 374 g/mol. The molecule has 3 aromatic rings. The van der Waals surface area contributed by atoms with Crippen LogP contribution in [0.4, 0.5) is 5.82 Å². The maximum Gasteiger partial charge on any atom is 0.238 e. The fourth-order valence-electron chi connectivity index (χ4n) is 3.33. The monoisotopic (exact) mass is 395 g/mol. The van der Waals surface area contributed by atoms with Gasteiger partial charge in [0.2, 0.25) is 5.91 Å². The average molecular weight is 395 g/mol. The summed E-state index contributed by atoms with van der Waals surface area (Å²) in [5.74, 6) is 1.61. The van der Waals surface area contributed by atoms with Crippen LogP contribution in [0.5, 0.6) is 11.5 Å². The number of aromatic hydroxyl groups is 1. The zero-order chi connectivity index (χ0) is 19.8. The van der Waals surface area contributed by atoms with Gasteiger partial charge >= 0.3 is 0 Å². The topological polar surface area (TPSA) is 76.4 Å². The lowest BCUT2D eigenvalue weighted by atomic mass is 10.0. The first-order valence-electron chi connectivity index (χ1n) is 8.97. The smallest absolute Gasteiger partial charge is 0.238 e. The minimum Gasteiger partial charge on any atom is -0.508 e. The Kier molecular flexibility index (Phi) is 4.77. The van der Waals surface area contributed by atoms with Crippen molar-refractivity contribution < 1.29 is 14.6 Å². The zero-order valence-electron chi connectivity index (χ0n) is 15.8. The highest BCUT2D eigenvalue weighted by Gasteiger charge is 2.34. The van der Waals surface area contributed by atoms with E-state index in [4.69, 9.17) is 9.84 Å². The summed E-state index contributed by atoms with van der Waals surface area (Å²) in [6.45, 7) is 3.86. The molecule has 0 fully saturated rings. The van der Waals surface area contributed by atoms with Crippen LogP contribution in [0.1, 0.15) is 29.0 Å². The molecule has 0 radical (unpaired) electrons. The van der Waals surface area contributed by atoms with Crippen LogP contribution in [0.15, 0.2) is 48.5 Å². The van der Waals surface area contributed by atoms with Crippen LogP contribution in [0.3, 0.4) is 0 Å². The van der Waals surface area contributed by atoms with Crippen molar-refractivity contribution in [3.05, 3.63) is 65.4 Å². The number of aryl methyl sites for hydroxylation is 1. The number of nitrogens with zero attached hydrogens (tertiary/aromatic N) is 2. The molecule has 0 aliphatic carbocycles. The number of phenols is 1. The standard InChI is InChI=1S/C21H21N3O3S/c1-12-18-19(14-4-8-16(25)9-5-14)28-13(2)21(26)22-20(18)24(23-12)15-6-10-17(27-3)11-7-15/h4-11,13,19,25H,1-3H3,(H,22,26)/t13-,19-/m1/s1. The van der Waals surface area contributed by atoms with Crippen LogP contribution in [-0.4, -0.2) is 33.2 Å². The molecule has 0 saturated heterocycles. The predicted octanol–water partition coefficient (Wildman–Crippen LogP) is 4.06. The number of nitrogens with one attached hydrogen (secondary N) is 1. The first-order chi connectivity index (χ1) is 13.5. The average Bonchev–Trinajstić information content (AvgIpc) is 2.95. The Morgan fingerprint density at radius 3 is 2.46 bits per heavy atom. The number of benzene rings is 2. The van der Waals surface area contributed by atoms with Crippen molar-refractivity contribution >= 4 is 23.5 Å². The summed E-state index contributed by atoms with van der Waals surface area (Å²) in [7, 11) is 1.63. The Morgan fingerprint density at radius 1 is 1.14 bits per heavy atom. The van der Waals surface area contributed by atoms with Crippen LogP contribution < -0.4 is 10.1 Å². The van der Waals surface area contributed by atoms with Crippen LogP contribution in [0, 0.1) is 6.92 Å².